The van der Waals surface area contributed by atoms with Crippen molar-refractivity contribution in [1.29, 1.82) is 0 Å². The number of nitrogens with one attached hydrogen (secondary N) is 1. The summed E-state index contributed by atoms with van der Waals surface area (Å²) in [5.41, 5.74) is 2.77. The van der Waals surface area contributed by atoms with E-state index in [1.165, 1.54) is 6.26 Å². The van der Waals surface area contributed by atoms with E-state index in [2.05, 4.69) is 12.2 Å². The predicted octanol–water partition coefficient (Wildman–Crippen LogP) is 4.14. The van der Waals surface area contributed by atoms with Crippen LogP contribution in [0.5, 0.6) is 0 Å². The molecule has 1 aliphatic carbocycles. The summed E-state index contributed by atoms with van der Waals surface area (Å²) < 4.78 is 5.34. The van der Waals surface area contributed by atoms with Crippen LogP contribution < -0.4 is 10.2 Å². The molecule has 1 N–H and O–H groups in total. The van der Waals surface area contributed by atoms with Crippen LogP contribution in [0.1, 0.15) is 49.2 Å². The van der Waals surface area contributed by atoms with E-state index in [0.29, 0.717) is 12.3 Å². The van der Waals surface area contributed by atoms with Crippen molar-refractivity contribution in [2.75, 3.05) is 24.3 Å². The monoisotopic (exact) mass is 383 g/mol. The third kappa shape index (κ3) is 4.55. The molecule has 150 valence electrons. The Hall–Kier alpha value is -2.76. The number of carbonyl (C=O) groups is 2. The van der Waals surface area contributed by atoms with Gasteiger partial charge in [0.05, 0.1) is 6.26 Å². The van der Waals surface area contributed by atoms with Gasteiger partial charge in [-0.25, -0.2) is 0 Å². The topological polar surface area (TPSA) is 65.8 Å². The van der Waals surface area contributed by atoms with E-state index in [9.17, 15) is 9.59 Å². The number of anilines is 2. The third-order valence-electron chi connectivity index (χ3n) is 5.23. The molecular formula is C22H29N3O3. The van der Waals surface area contributed by atoms with E-state index < -0.39 is 0 Å². The Bertz CT molecular complexity index is 826. The van der Waals surface area contributed by atoms with Crippen LogP contribution in [0, 0.1) is 5.92 Å². The van der Waals surface area contributed by atoms with Gasteiger partial charge in [-0.05, 0) is 62.1 Å². The van der Waals surface area contributed by atoms with Gasteiger partial charge in [-0.15, -0.1) is 0 Å². The maximum atomic E-state index is 13.0. The second-order valence-corrected chi connectivity index (χ2v) is 7.67. The molecule has 0 bridgehead atoms. The Balaban J connectivity index is 1.89. The van der Waals surface area contributed by atoms with Crippen molar-refractivity contribution in [2.24, 2.45) is 5.92 Å². The van der Waals surface area contributed by atoms with Crippen molar-refractivity contribution in [3.8, 4) is 0 Å². The van der Waals surface area contributed by atoms with E-state index in [1.807, 2.05) is 49.0 Å². The SMILES string of the molecule is CCC(C)N(Cc1cc(NC(=O)C2CC2)ccc1N(C)C)C(=O)c1ccco1. The number of amides is 2. The van der Waals surface area contributed by atoms with Gasteiger partial charge in [0.25, 0.3) is 5.91 Å². The number of carbonyl (C=O) groups excluding carboxylic acids is 2. The average Bonchev–Trinajstić information content (AvgIpc) is 3.39. The first-order valence-electron chi connectivity index (χ1n) is 9.86. The van der Waals surface area contributed by atoms with Crippen molar-refractivity contribution in [3.63, 3.8) is 0 Å². The normalized spacial score (nSPS) is 14.4. The highest BCUT2D eigenvalue weighted by atomic mass is 16.3. The molecule has 6 heteroatoms. The fourth-order valence-electron chi connectivity index (χ4n) is 3.19. The molecule has 1 fully saturated rings. The molecule has 1 aliphatic rings. The zero-order chi connectivity index (χ0) is 20.3. The molecule has 1 aromatic carbocycles. The van der Waals surface area contributed by atoms with E-state index in [1.54, 1.807) is 12.1 Å². The summed E-state index contributed by atoms with van der Waals surface area (Å²) in [5, 5.41) is 3.00. The molecule has 2 amide bonds. The summed E-state index contributed by atoms with van der Waals surface area (Å²) in [6.07, 6.45) is 4.28. The van der Waals surface area contributed by atoms with E-state index in [4.69, 9.17) is 4.42 Å². The van der Waals surface area contributed by atoms with Gasteiger partial charge in [-0.3, -0.25) is 9.59 Å². The molecule has 0 aliphatic heterocycles. The second-order valence-electron chi connectivity index (χ2n) is 7.67. The largest absolute Gasteiger partial charge is 0.459 e. The first-order valence-corrected chi connectivity index (χ1v) is 9.86. The lowest BCUT2D eigenvalue weighted by Gasteiger charge is -2.30. The Kier molecular flexibility index (Phi) is 6.07. The molecule has 1 heterocycles. The lowest BCUT2D eigenvalue weighted by molar-refractivity contribution is -0.117. The van der Waals surface area contributed by atoms with Gasteiger partial charge >= 0.3 is 0 Å². The van der Waals surface area contributed by atoms with Crippen LogP contribution >= 0.6 is 0 Å². The molecule has 2 aromatic rings. The number of rotatable bonds is 8. The Morgan fingerprint density at radius 3 is 2.57 bits per heavy atom. The van der Waals surface area contributed by atoms with Crippen molar-refractivity contribution in [2.45, 2.75) is 45.7 Å². The zero-order valence-electron chi connectivity index (χ0n) is 17.1. The number of furan rings is 1. The number of hydrogen-bond donors (Lipinski definition) is 1. The summed E-state index contributed by atoms with van der Waals surface area (Å²) in [4.78, 5) is 29.0. The van der Waals surface area contributed by atoms with E-state index in [-0.39, 0.29) is 23.8 Å². The number of nitrogens with zero attached hydrogens (tertiary/aromatic N) is 2. The molecule has 0 spiro atoms. The summed E-state index contributed by atoms with van der Waals surface area (Å²) in [5.74, 6) is 0.435. The van der Waals surface area contributed by atoms with Gasteiger partial charge in [-0.1, -0.05) is 6.92 Å². The molecule has 1 aromatic heterocycles. The molecule has 1 atom stereocenters. The zero-order valence-corrected chi connectivity index (χ0v) is 17.1. The fourth-order valence-corrected chi connectivity index (χ4v) is 3.19. The van der Waals surface area contributed by atoms with Gasteiger partial charge in [-0.2, -0.15) is 0 Å². The van der Waals surface area contributed by atoms with Gasteiger partial charge < -0.3 is 19.5 Å². The van der Waals surface area contributed by atoms with E-state index in [0.717, 1.165) is 36.2 Å². The Morgan fingerprint density at radius 1 is 1.25 bits per heavy atom. The van der Waals surface area contributed by atoms with Crippen LogP contribution in [-0.4, -0.2) is 36.9 Å². The fraction of sp³-hybridized carbons (Fsp3) is 0.455. The minimum Gasteiger partial charge on any atom is -0.459 e. The maximum absolute atomic E-state index is 13.0. The molecule has 1 unspecified atom stereocenters. The molecule has 28 heavy (non-hydrogen) atoms. The molecular weight excluding hydrogens is 354 g/mol. The van der Waals surface area contributed by atoms with Gasteiger partial charge in [0.2, 0.25) is 5.91 Å². The van der Waals surface area contributed by atoms with E-state index >= 15 is 0 Å². The molecule has 1 saturated carbocycles. The smallest absolute Gasteiger partial charge is 0.290 e. The number of hydrogen-bond acceptors (Lipinski definition) is 4. The first kappa shape index (κ1) is 20.0. The molecule has 0 radical (unpaired) electrons. The van der Waals surface area contributed by atoms with Gasteiger partial charge in [0.1, 0.15) is 0 Å². The van der Waals surface area contributed by atoms with Crippen molar-refractivity contribution >= 4 is 23.2 Å². The van der Waals surface area contributed by atoms with Crippen LogP contribution in [0.15, 0.2) is 41.0 Å². The summed E-state index contributed by atoms with van der Waals surface area (Å²) in [6.45, 7) is 4.54. The first-order chi connectivity index (χ1) is 13.4. The minimum absolute atomic E-state index is 0.0531. The molecule has 3 rings (SSSR count). The van der Waals surface area contributed by atoms with Crippen LogP contribution in [-0.2, 0) is 11.3 Å². The lowest BCUT2D eigenvalue weighted by atomic mass is 10.1. The molecule has 6 nitrogen and oxygen atoms in total. The minimum atomic E-state index is -0.128. The van der Waals surface area contributed by atoms with Crippen molar-refractivity contribution < 1.29 is 14.0 Å². The summed E-state index contributed by atoms with van der Waals surface area (Å²) >= 11 is 0. The van der Waals surface area contributed by atoms with Crippen LogP contribution in [0.25, 0.3) is 0 Å². The summed E-state index contributed by atoms with van der Waals surface area (Å²) in [7, 11) is 3.95. The van der Waals surface area contributed by atoms with Crippen LogP contribution in [0.4, 0.5) is 11.4 Å². The van der Waals surface area contributed by atoms with Crippen molar-refractivity contribution in [3.05, 3.63) is 47.9 Å². The van der Waals surface area contributed by atoms with Crippen LogP contribution in [0.3, 0.4) is 0 Å². The molecule has 0 saturated heterocycles. The Labute approximate surface area is 166 Å². The average molecular weight is 383 g/mol. The van der Waals surface area contributed by atoms with Gasteiger partial charge in [0, 0.05) is 44.0 Å². The lowest BCUT2D eigenvalue weighted by Crippen LogP contribution is -2.38. The summed E-state index contributed by atoms with van der Waals surface area (Å²) in [6, 6.07) is 9.35. The number of benzene rings is 1. The van der Waals surface area contributed by atoms with Gasteiger partial charge in [0.15, 0.2) is 5.76 Å². The highest BCUT2D eigenvalue weighted by Gasteiger charge is 2.30. The standard InChI is InChI=1S/C22H29N3O3/c1-5-15(2)25(22(27)20-7-6-12-28-20)14-17-13-18(10-11-19(17)24(3)4)23-21(26)16-8-9-16/h6-7,10-13,15-16H,5,8-9,14H2,1-4H3,(H,23,26). The highest BCUT2D eigenvalue weighted by molar-refractivity contribution is 5.94. The Morgan fingerprint density at radius 2 is 2.00 bits per heavy atom. The predicted molar refractivity (Wildman–Crippen MR) is 110 cm³/mol. The second kappa shape index (κ2) is 8.50. The van der Waals surface area contributed by atoms with Crippen molar-refractivity contribution in [1.82, 2.24) is 4.90 Å². The third-order valence-corrected chi connectivity index (χ3v) is 5.23. The van der Waals surface area contributed by atoms with Crippen LogP contribution in [0.2, 0.25) is 0 Å². The highest BCUT2D eigenvalue weighted by Crippen LogP contribution is 2.31. The maximum Gasteiger partial charge on any atom is 0.290 e. The quantitative estimate of drug-likeness (QED) is 0.744.